The van der Waals surface area contributed by atoms with E-state index in [2.05, 4.69) is 21.7 Å². The van der Waals surface area contributed by atoms with Crippen LogP contribution in [0.5, 0.6) is 5.75 Å². The molecule has 2 aliphatic rings. The first-order chi connectivity index (χ1) is 17.0. The Morgan fingerprint density at radius 1 is 1.20 bits per heavy atom. The maximum absolute atomic E-state index is 13.9. The van der Waals surface area contributed by atoms with Crippen LogP contribution in [-0.4, -0.2) is 14.5 Å². The molecule has 0 fully saturated rings. The first-order valence-corrected chi connectivity index (χ1v) is 11.5. The first kappa shape index (κ1) is 21.3. The molecule has 0 saturated carbocycles. The fraction of sp³-hybridized carbons (Fsp3) is 0.107. The average Bonchev–Trinajstić information content (AvgIpc) is 3.08. The smallest absolute Gasteiger partial charge is 0.162 e. The fourth-order valence-corrected chi connectivity index (χ4v) is 4.76. The molecule has 0 spiro atoms. The van der Waals surface area contributed by atoms with Gasteiger partial charge in [-0.05, 0) is 47.9 Å². The Balaban J connectivity index is 1.46. The summed E-state index contributed by atoms with van der Waals surface area (Å²) in [6, 6.07) is 14.5. The molecule has 6 rings (SSSR count). The van der Waals surface area contributed by atoms with Crippen LogP contribution < -0.4 is 4.74 Å². The number of hydrogen-bond donors (Lipinski definition) is 0. The zero-order valence-electron chi connectivity index (χ0n) is 18.7. The Morgan fingerprint density at radius 3 is 2.80 bits per heavy atom. The zero-order chi connectivity index (χ0) is 24.1. The van der Waals surface area contributed by atoms with E-state index in [1.807, 2.05) is 30.4 Å². The lowest BCUT2D eigenvalue weighted by molar-refractivity contribution is 0.305. The van der Waals surface area contributed by atoms with Crippen molar-refractivity contribution in [2.45, 2.75) is 20.1 Å². The summed E-state index contributed by atoms with van der Waals surface area (Å²) in [5, 5.41) is 10.2. The summed E-state index contributed by atoms with van der Waals surface area (Å²) in [4.78, 5) is 9.30. The third-order valence-corrected chi connectivity index (χ3v) is 6.62. The van der Waals surface area contributed by atoms with Gasteiger partial charge in [-0.1, -0.05) is 42.0 Å². The number of nitrogens with zero attached hydrogens (tertiary/aromatic N) is 4. The lowest BCUT2D eigenvalue weighted by Crippen LogP contribution is -2.07. The molecule has 7 heteroatoms. The highest BCUT2D eigenvalue weighted by Crippen LogP contribution is 2.39. The molecule has 1 aliphatic carbocycles. The number of rotatable bonds is 3. The molecule has 4 aromatic rings. The van der Waals surface area contributed by atoms with Crippen molar-refractivity contribution in [1.29, 1.82) is 5.26 Å². The van der Waals surface area contributed by atoms with Crippen molar-refractivity contribution < 1.29 is 9.13 Å². The van der Waals surface area contributed by atoms with Crippen LogP contribution in [-0.2, 0) is 13.2 Å². The van der Waals surface area contributed by atoms with Crippen molar-refractivity contribution in [3.63, 3.8) is 0 Å². The molecule has 3 heterocycles. The second-order valence-corrected chi connectivity index (χ2v) is 8.91. The molecule has 0 saturated heterocycles. The summed E-state index contributed by atoms with van der Waals surface area (Å²) < 4.78 is 22.0. The highest BCUT2D eigenvalue weighted by atomic mass is 35.5. The fourth-order valence-electron chi connectivity index (χ4n) is 4.57. The molecule has 0 N–H and O–H groups in total. The van der Waals surface area contributed by atoms with Crippen molar-refractivity contribution in [2.75, 3.05) is 0 Å². The Hall–Kier alpha value is -4.21. The topological polar surface area (TPSA) is 63.7 Å². The van der Waals surface area contributed by atoms with Gasteiger partial charge in [-0.15, -0.1) is 0 Å². The van der Waals surface area contributed by atoms with Gasteiger partial charge in [0, 0.05) is 34.5 Å². The van der Waals surface area contributed by atoms with Crippen LogP contribution in [0.1, 0.15) is 35.0 Å². The van der Waals surface area contributed by atoms with E-state index in [1.54, 1.807) is 25.3 Å². The summed E-state index contributed by atoms with van der Waals surface area (Å²) >= 11 is 6.41. The number of ether oxygens (including phenoxy) is 1. The Kier molecular flexibility index (Phi) is 5.01. The van der Waals surface area contributed by atoms with E-state index >= 15 is 0 Å². The van der Waals surface area contributed by atoms with Crippen LogP contribution in [0, 0.1) is 17.1 Å². The lowest BCUT2D eigenvalue weighted by Gasteiger charge is -2.15. The van der Waals surface area contributed by atoms with Crippen LogP contribution in [0.15, 0.2) is 72.5 Å². The van der Waals surface area contributed by atoms with Crippen molar-refractivity contribution in [3.8, 4) is 11.8 Å². The molecule has 5 nitrogen and oxygen atoms in total. The molecule has 0 bridgehead atoms. The minimum atomic E-state index is -0.380. The van der Waals surface area contributed by atoms with Crippen LogP contribution >= 0.6 is 11.6 Å². The maximum atomic E-state index is 13.9. The van der Waals surface area contributed by atoms with Crippen molar-refractivity contribution >= 4 is 33.9 Å². The molecular formula is C28H18ClFN4O. The second kappa shape index (κ2) is 8.23. The van der Waals surface area contributed by atoms with Crippen molar-refractivity contribution in [3.05, 3.63) is 111 Å². The molecule has 35 heavy (non-hydrogen) atoms. The van der Waals surface area contributed by atoms with E-state index < -0.39 is 0 Å². The van der Waals surface area contributed by atoms with Gasteiger partial charge in [0.05, 0.1) is 17.6 Å². The number of benzene rings is 2. The third-order valence-electron chi connectivity index (χ3n) is 6.31. The van der Waals surface area contributed by atoms with Crippen LogP contribution in [0.3, 0.4) is 0 Å². The van der Waals surface area contributed by atoms with Crippen LogP contribution in [0.4, 0.5) is 4.39 Å². The summed E-state index contributed by atoms with van der Waals surface area (Å²) in [5.74, 6) is 0.852. The van der Waals surface area contributed by atoms with Gasteiger partial charge in [0.1, 0.15) is 29.5 Å². The molecule has 2 aromatic heterocycles. The van der Waals surface area contributed by atoms with Gasteiger partial charge >= 0.3 is 0 Å². The summed E-state index contributed by atoms with van der Waals surface area (Å²) in [5.41, 5.74) is 7.25. The maximum Gasteiger partial charge on any atom is 0.162 e. The number of imidazole rings is 1. The molecule has 2 aromatic carbocycles. The minimum absolute atomic E-state index is 0.261. The predicted molar refractivity (Wildman–Crippen MR) is 133 cm³/mol. The van der Waals surface area contributed by atoms with Crippen molar-refractivity contribution in [2.24, 2.45) is 0 Å². The number of pyridine rings is 1. The van der Waals surface area contributed by atoms with E-state index in [0.29, 0.717) is 39.6 Å². The lowest BCUT2D eigenvalue weighted by atomic mass is 9.90. The zero-order valence-corrected chi connectivity index (χ0v) is 19.5. The first-order valence-electron chi connectivity index (χ1n) is 11.1. The SMILES string of the molecule is C/C(C#N)=C1\c2ccc(Cn3c(C4=CC=C4)nc4c(Cl)ccnc43)cc2COc2cc(F)ccc21. The average molecular weight is 481 g/mol. The predicted octanol–water partition coefficient (Wildman–Crippen LogP) is 6.46. The van der Waals surface area contributed by atoms with Gasteiger partial charge in [-0.3, -0.25) is 0 Å². The highest BCUT2D eigenvalue weighted by molar-refractivity contribution is 6.34. The van der Waals surface area contributed by atoms with Crippen LogP contribution in [0.25, 0.3) is 22.3 Å². The third kappa shape index (κ3) is 3.52. The molecule has 0 amide bonds. The Labute approximate surface area is 206 Å². The summed E-state index contributed by atoms with van der Waals surface area (Å²) in [6.45, 7) is 2.55. The summed E-state index contributed by atoms with van der Waals surface area (Å²) in [6.07, 6.45) is 7.67. The Morgan fingerprint density at radius 2 is 2.03 bits per heavy atom. The minimum Gasteiger partial charge on any atom is -0.488 e. The monoisotopic (exact) mass is 480 g/mol. The van der Waals surface area contributed by atoms with Gasteiger partial charge in [0.2, 0.25) is 0 Å². The van der Waals surface area contributed by atoms with E-state index in [9.17, 15) is 9.65 Å². The Bertz CT molecular complexity index is 1670. The highest BCUT2D eigenvalue weighted by Gasteiger charge is 2.23. The molecular weight excluding hydrogens is 463 g/mol. The second-order valence-electron chi connectivity index (χ2n) is 8.50. The van der Waals surface area contributed by atoms with Gasteiger partial charge in [-0.2, -0.15) is 5.26 Å². The van der Waals surface area contributed by atoms with Gasteiger partial charge in [0.15, 0.2) is 5.65 Å². The molecule has 170 valence electrons. The standard InChI is InChI=1S/C28H18ClFN4O/c1-16(13-31)25-21-7-5-17(11-19(21)15-35-24-12-20(30)6-8-22(24)25)14-34-27(18-3-2-4-18)33-26-23(29)9-10-32-28(26)34/h2-12H,14-15H2,1H3/b25-16-. The molecule has 0 radical (unpaired) electrons. The van der Waals surface area contributed by atoms with E-state index in [-0.39, 0.29) is 12.4 Å². The molecule has 0 unspecified atom stereocenters. The molecule has 1 aliphatic heterocycles. The number of nitriles is 1. The van der Waals surface area contributed by atoms with Gasteiger partial charge in [0.25, 0.3) is 0 Å². The summed E-state index contributed by atoms with van der Waals surface area (Å²) in [7, 11) is 0. The largest absolute Gasteiger partial charge is 0.488 e. The van der Waals surface area contributed by atoms with E-state index in [4.69, 9.17) is 21.3 Å². The normalized spacial score (nSPS) is 15.3. The molecule has 0 atom stereocenters. The quantitative estimate of drug-likeness (QED) is 0.315. The van der Waals surface area contributed by atoms with E-state index in [1.165, 1.54) is 12.1 Å². The number of fused-ring (bicyclic) bond motifs is 3. The number of aromatic nitrogens is 3. The van der Waals surface area contributed by atoms with Crippen LogP contribution in [0.2, 0.25) is 5.02 Å². The number of hydrogen-bond acceptors (Lipinski definition) is 4. The van der Waals surface area contributed by atoms with Gasteiger partial charge < -0.3 is 9.30 Å². The van der Waals surface area contributed by atoms with E-state index in [0.717, 1.165) is 33.7 Å². The number of allylic oxidation sites excluding steroid dienone is 5. The van der Waals surface area contributed by atoms with Crippen molar-refractivity contribution in [1.82, 2.24) is 14.5 Å². The number of halogens is 2. The van der Waals surface area contributed by atoms with Gasteiger partial charge in [-0.25, -0.2) is 14.4 Å².